The first-order valence-corrected chi connectivity index (χ1v) is 7.70. The van der Waals surface area contributed by atoms with Gasteiger partial charge in [-0.1, -0.05) is 35.8 Å². The number of likely N-dealkylation sites (N-methyl/N-ethyl adjacent to an activating group) is 1. The summed E-state index contributed by atoms with van der Waals surface area (Å²) in [5.41, 5.74) is 1.12. The van der Waals surface area contributed by atoms with Gasteiger partial charge in [0.1, 0.15) is 5.82 Å². The largest absolute Gasteiger partial charge is 0.376 e. The SMILES string of the molecule is CCNC(Cc1ccc(F)cc1Br)C1OCCC1C. The molecule has 2 rings (SSSR count). The van der Waals surface area contributed by atoms with Crippen LogP contribution >= 0.6 is 15.9 Å². The van der Waals surface area contributed by atoms with Crippen LogP contribution in [0.5, 0.6) is 0 Å². The summed E-state index contributed by atoms with van der Waals surface area (Å²) < 4.78 is 19.8. The van der Waals surface area contributed by atoms with Gasteiger partial charge in [-0.05, 0) is 43.0 Å². The Bertz CT molecular complexity index is 427. The van der Waals surface area contributed by atoms with Gasteiger partial charge in [-0.25, -0.2) is 4.39 Å². The van der Waals surface area contributed by atoms with Gasteiger partial charge < -0.3 is 10.1 Å². The van der Waals surface area contributed by atoms with E-state index >= 15 is 0 Å². The van der Waals surface area contributed by atoms with Gasteiger partial charge in [-0.3, -0.25) is 0 Å². The highest BCUT2D eigenvalue weighted by Crippen LogP contribution is 2.27. The molecule has 19 heavy (non-hydrogen) atoms. The molecule has 3 unspecified atom stereocenters. The zero-order valence-electron chi connectivity index (χ0n) is 11.5. The van der Waals surface area contributed by atoms with Crippen LogP contribution in [0.15, 0.2) is 22.7 Å². The van der Waals surface area contributed by atoms with Crippen molar-refractivity contribution in [2.24, 2.45) is 5.92 Å². The maximum Gasteiger partial charge on any atom is 0.124 e. The van der Waals surface area contributed by atoms with Crippen molar-refractivity contribution in [1.29, 1.82) is 0 Å². The summed E-state index contributed by atoms with van der Waals surface area (Å²) in [7, 11) is 0. The Labute approximate surface area is 122 Å². The number of ether oxygens (including phenoxy) is 1. The Hall–Kier alpha value is -0.450. The first kappa shape index (κ1) is 14.9. The zero-order chi connectivity index (χ0) is 13.8. The van der Waals surface area contributed by atoms with Gasteiger partial charge in [0, 0.05) is 17.1 Å². The molecular weight excluding hydrogens is 309 g/mol. The van der Waals surface area contributed by atoms with Gasteiger partial charge in [0.15, 0.2) is 0 Å². The summed E-state index contributed by atoms with van der Waals surface area (Å²) in [5.74, 6) is 0.365. The van der Waals surface area contributed by atoms with Gasteiger partial charge in [0.25, 0.3) is 0 Å². The molecule has 1 heterocycles. The van der Waals surface area contributed by atoms with Crippen molar-refractivity contribution in [3.63, 3.8) is 0 Å². The van der Waals surface area contributed by atoms with Crippen LogP contribution in [0.1, 0.15) is 25.8 Å². The smallest absolute Gasteiger partial charge is 0.124 e. The monoisotopic (exact) mass is 329 g/mol. The van der Waals surface area contributed by atoms with Crippen LogP contribution in [-0.2, 0) is 11.2 Å². The van der Waals surface area contributed by atoms with Crippen LogP contribution < -0.4 is 5.32 Å². The Morgan fingerprint density at radius 3 is 2.89 bits per heavy atom. The molecule has 1 aliphatic heterocycles. The highest BCUT2D eigenvalue weighted by molar-refractivity contribution is 9.10. The van der Waals surface area contributed by atoms with Gasteiger partial charge >= 0.3 is 0 Å². The van der Waals surface area contributed by atoms with Crippen molar-refractivity contribution < 1.29 is 9.13 Å². The minimum atomic E-state index is -0.207. The van der Waals surface area contributed by atoms with E-state index in [0.717, 1.165) is 36.0 Å². The molecule has 106 valence electrons. The Kier molecular flexibility index (Phi) is 5.37. The zero-order valence-corrected chi connectivity index (χ0v) is 13.0. The predicted octanol–water partition coefficient (Wildman–Crippen LogP) is 3.53. The van der Waals surface area contributed by atoms with E-state index in [1.807, 2.05) is 6.07 Å². The van der Waals surface area contributed by atoms with E-state index in [2.05, 4.69) is 35.1 Å². The quantitative estimate of drug-likeness (QED) is 0.892. The van der Waals surface area contributed by atoms with Gasteiger partial charge in [-0.2, -0.15) is 0 Å². The molecule has 4 heteroatoms. The number of halogens is 2. The summed E-state index contributed by atoms with van der Waals surface area (Å²) in [6.07, 6.45) is 2.22. The number of nitrogens with one attached hydrogen (secondary N) is 1. The van der Waals surface area contributed by atoms with E-state index in [-0.39, 0.29) is 18.0 Å². The minimum Gasteiger partial charge on any atom is -0.376 e. The summed E-state index contributed by atoms with van der Waals surface area (Å²) in [4.78, 5) is 0. The molecule has 1 aromatic carbocycles. The van der Waals surface area contributed by atoms with Crippen LogP contribution in [0.3, 0.4) is 0 Å². The van der Waals surface area contributed by atoms with E-state index in [0.29, 0.717) is 5.92 Å². The lowest BCUT2D eigenvalue weighted by atomic mass is 9.93. The number of hydrogen-bond acceptors (Lipinski definition) is 2. The molecule has 0 amide bonds. The van der Waals surface area contributed by atoms with Gasteiger partial charge in [0.2, 0.25) is 0 Å². The second-order valence-electron chi connectivity index (χ2n) is 5.21. The fraction of sp³-hybridized carbons (Fsp3) is 0.600. The molecule has 1 aliphatic rings. The topological polar surface area (TPSA) is 21.3 Å². The Morgan fingerprint density at radius 1 is 1.53 bits per heavy atom. The third kappa shape index (κ3) is 3.77. The van der Waals surface area contributed by atoms with E-state index in [9.17, 15) is 4.39 Å². The molecule has 0 bridgehead atoms. The molecule has 1 saturated heterocycles. The first-order valence-electron chi connectivity index (χ1n) is 6.90. The van der Waals surface area contributed by atoms with Crippen LogP contribution in [0, 0.1) is 11.7 Å². The Balaban J connectivity index is 2.11. The molecule has 0 spiro atoms. The van der Waals surface area contributed by atoms with E-state index < -0.39 is 0 Å². The van der Waals surface area contributed by atoms with Crippen molar-refractivity contribution in [3.05, 3.63) is 34.1 Å². The van der Waals surface area contributed by atoms with E-state index in [4.69, 9.17) is 4.74 Å². The maximum absolute atomic E-state index is 13.1. The molecule has 0 aromatic heterocycles. The fourth-order valence-corrected chi connectivity index (χ4v) is 3.23. The lowest BCUT2D eigenvalue weighted by Gasteiger charge is -2.27. The molecule has 0 aliphatic carbocycles. The van der Waals surface area contributed by atoms with Crippen LogP contribution in [-0.4, -0.2) is 25.3 Å². The van der Waals surface area contributed by atoms with Gasteiger partial charge in [-0.15, -0.1) is 0 Å². The third-order valence-electron chi connectivity index (χ3n) is 3.76. The summed E-state index contributed by atoms with van der Waals surface area (Å²) in [6, 6.07) is 5.17. The van der Waals surface area contributed by atoms with Gasteiger partial charge in [0.05, 0.1) is 6.10 Å². The molecule has 0 saturated carbocycles. The first-order chi connectivity index (χ1) is 9.11. The van der Waals surface area contributed by atoms with Crippen molar-refractivity contribution in [2.75, 3.05) is 13.2 Å². The molecular formula is C15H21BrFNO. The Morgan fingerprint density at radius 2 is 2.32 bits per heavy atom. The normalized spacial score (nSPS) is 24.6. The highest BCUT2D eigenvalue weighted by Gasteiger charge is 2.31. The second kappa shape index (κ2) is 6.82. The molecule has 0 radical (unpaired) electrons. The summed E-state index contributed by atoms with van der Waals surface area (Å²) in [5, 5.41) is 3.51. The van der Waals surface area contributed by atoms with Crippen LogP contribution in [0.25, 0.3) is 0 Å². The summed E-state index contributed by atoms with van der Waals surface area (Å²) >= 11 is 3.44. The van der Waals surface area contributed by atoms with Crippen molar-refractivity contribution in [1.82, 2.24) is 5.32 Å². The molecule has 3 atom stereocenters. The number of benzene rings is 1. The standard InChI is InChI=1S/C15H21BrFNO/c1-3-18-14(15-10(2)6-7-19-15)8-11-4-5-12(17)9-13(11)16/h4-5,9-10,14-15,18H,3,6-8H2,1-2H3. The molecule has 1 N–H and O–H groups in total. The second-order valence-corrected chi connectivity index (χ2v) is 6.06. The molecule has 2 nitrogen and oxygen atoms in total. The van der Waals surface area contributed by atoms with E-state index in [1.54, 1.807) is 0 Å². The van der Waals surface area contributed by atoms with Crippen molar-refractivity contribution in [3.8, 4) is 0 Å². The number of rotatable bonds is 5. The number of hydrogen-bond donors (Lipinski definition) is 1. The molecule has 1 aromatic rings. The lowest BCUT2D eigenvalue weighted by Crippen LogP contribution is -2.43. The lowest BCUT2D eigenvalue weighted by molar-refractivity contribution is 0.0614. The highest BCUT2D eigenvalue weighted by atomic mass is 79.9. The predicted molar refractivity (Wildman–Crippen MR) is 78.8 cm³/mol. The van der Waals surface area contributed by atoms with Crippen molar-refractivity contribution >= 4 is 15.9 Å². The average molecular weight is 330 g/mol. The maximum atomic E-state index is 13.1. The van der Waals surface area contributed by atoms with Crippen LogP contribution in [0.2, 0.25) is 0 Å². The van der Waals surface area contributed by atoms with E-state index in [1.165, 1.54) is 12.1 Å². The minimum absolute atomic E-state index is 0.207. The fourth-order valence-electron chi connectivity index (χ4n) is 2.72. The summed E-state index contributed by atoms with van der Waals surface area (Å²) in [6.45, 7) is 6.10. The van der Waals surface area contributed by atoms with Crippen molar-refractivity contribution in [2.45, 2.75) is 38.8 Å². The molecule has 1 fully saturated rings. The third-order valence-corrected chi connectivity index (χ3v) is 4.50. The average Bonchev–Trinajstić information content (AvgIpc) is 2.78. The van der Waals surface area contributed by atoms with Crippen LogP contribution in [0.4, 0.5) is 4.39 Å².